The maximum atomic E-state index is 12.3. The fourth-order valence-corrected chi connectivity index (χ4v) is 2.50. The molecule has 0 aliphatic rings. The second kappa shape index (κ2) is 6.76. The molecule has 0 N–H and O–H groups in total. The predicted octanol–water partition coefficient (Wildman–Crippen LogP) is 4.34. The van der Waals surface area contributed by atoms with Crippen LogP contribution in [0.2, 0.25) is 0 Å². The lowest BCUT2D eigenvalue weighted by molar-refractivity contribution is 0.0918. The number of hydrogen-bond acceptors (Lipinski definition) is 3. The van der Waals surface area contributed by atoms with Gasteiger partial charge in [0.05, 0.1) is 12.7 Å². The van der Waals surface area contributed by atoms with Gasteiger partial charge in [0.25, 0.3) is 0 Å². The Morgan fingerprint density at radius 2 is 1.86 bits per heavy atom. The number of methoxy groups -OCH3 is 1. The SMILES string of the molecule is COc1cc(C)ccc1C(=O)COc1ccc(Br)cc1C. The van der Waals surface area contributed by atoms with Crippen molar-refractivity contribution in [2.24, 2.45) is 0 Å². The van der Waals surface area contributed by atoms with Gasteiger partial charge in [0.15, 0.2) is 6.61 Å². The number of rotatable bonds is 5. The van der Waals surface area contributed by atoms with Gasteiger partial charge in [-0.25, -0.2) is 0 Å². The molecule has 0 aliphatic carbocycles. The van der Waals surface area contributed by atoms with Gasteiger partial charge in [0, 0.05) is 4.47 Å². The van der Waals surface area contributed by atoms with Crippen LogP contribution in [0.4, 0.5) is 0 Å². The highest BCUT2D eigenvalue weighted by Gasteiger charge is 2.13. The van der Waals surface area contributed by atoms with E-state index in [0.29, 0.717) is 17.1 Å². The van der Waals surface area contributed by atoms with Gasteiger partial charge in [-0.15, -0.1) is 0 Å². The summed E-state index contributed by atoms with van der Waals surface area (Å²) in [5, 5.41) is 0. The fraction of sp³-hybridized carbons (Fsp3) is 0.235. The van der Waals surface area contributed by atoms with Crippen molar-refractivity contribution >= 4 is 21.7 Å². The van der Waals surface area contributed by atoms with Gasteiger partial charge in [-0.3, -0.25) is 4.79 Å². The van der Waals surface area contributed by atoms with E-state index in [-0.39, 0.29) is 12.4 Å². The van der Waals surface area contributed by atoms with Crippen LogP contribution >= 0.6 is 15.9 Å². The highest BCUT2D eigenvalue weighted by atomic mass is 79.9. The number of aryl methyl sites for hydroxylation is 2. The monoisotopic (exact) mass is 348 g/mol. The first-order valence-electron chi connectivity index (χ1n) is 6.58. The minimum absolute atomic E-state index is 0.0120. The van der Waals surface area contributed by atoms with Crippen LogP contribution in [0, 0.1) is 13.8 Å². The summed E-state index contributed by atoms with van der Waals surface area (Å²) in [7, 11) is 1.56. The highest BCUT2D eigenvalue weighted by molar-refractivity contribution is 9.10. The van der Waals surface area contributed by atoms with Crippen molar-refractivity contribution < 1.29 is 14.3 Å². The van der Waals surface area contributed by atoms with Crippen molar-refractivity contribution in [1.82, 2.24) is 0 Å². The molecule has 0 unspecified atom stereocenters. The third-order valence-corrected chi connectivity index (χ3v) is 3.65. The van der Waals surface area contributed by atoms with Crippen molar-refractivity contribution in [1.29, 1.82) is 0 Å². The summed E-state index contributed by atoms with van der Waals surface area (Å²) < 4.78 is 11.9. The van der Waals surface area contributed by atoms with Gasteiger partial charge >= 0.3 is 0 Å². The van der Waals surface area contributed by atoms with E-state index in [1.54, 1.807) is 13.2 Å². The molecule has 2 aromatic carbocycles. The van der Waals surface area contributed by atoms with Crippen LogP contribution in [0.1, 0.15) is 21.5 Å². The lowest BCUT2D eigenvalue weighted by Gasteiger charge is -2.11. The molecule has 0 aromatic heterocycles. The Labute approximate surface area is 133 Å². The van der Waals surface area contributed by atoms with E-state index in [9.17, 15) is 4.79 Å². The lowest BCUT2D eigenvalue weighted by atomic mass is 10.1. The zero-order valence-corrected chi connectivity index (χ0v) is 13.9. The molecule has 2 aromatic rings. The summed E-state index contributed by atoms with van der Waals surface area (Å²) >= 11 is 3.40. The van der Waals surface area contributed by atoms with Gasteiger partial charge in [0.2, 0.25) is 5.78 Å². The van der Waals surface area contributed by atoms with Crippen LogP contribution in [0.5, 0.6) is 11.5 Å². The fourth-order valence-electron chi connectivity index (χ4n) is 2.02. The quantitative estimate of drug-likeness (QED) is 0.754. The van der Waals surface area contributed by atoms with Gasteiger partial charge in [0.1, 0.15) is 11.5 Å². The molecular formula is C17H17BrO3. The molecule has 0 aliphatic heterocycles. The zero-order chi connectivity index (χ0) is 15.4. The lowest BCUT2D eigenvalue weighted by Crippen LogP contribution is -2.13. The number of ketones is 1. The predicted molar refractivity (Wildman–Crippen MR) is 86.4 cm³/mol. The summed E-state index contributed by atoms with van der Waals surface area (Å²) in [4.78, 5) is 12.3. The third kappa shape index (κ3) is 3.85. The standard InChI is InChI=1S/C17H17BrO3/c1-11-4-6-14(17(8-11)20-3)15(19)10-21-16-7-5-13(18)9-12(16)2/h4-9H,10H2,1-3H3. The summed E-state index contributed by atoms with van der Waals surface area (Å²) in [5.41, 5.74) is 2.57. The zero-order valence-electron chi connectivity index (χ0n) is 12.3. The third-order valence-electron chi connectivity index (χ3n) is 3.15. The van der Waals surface area contributed by atoms with E-state index < -0.39 is 0 Å². The molecule has 0 saturated carbocycles. The Kier molecular flexibility index (Phi) is 5.02. The summed E-state index contributed by atoms with van der Waals surface area (Å²) in [5.74, 6) is 1.18. The van der Waals surface area contributed by atoms with E-state index in [1.807, 2.05) is 44.2 Å². The molecule has 2 rings (SSSR count). The maximum absolute atomic E-state index is 12.3. The van der Waals surface area contributed by atoms with Crippen LogP contribution in [-0.2, 0) is 0 Å². The topological polar surface area (TPSA) is 35.5 Å². The van der Waals surface area contributed by atoms with Crippen molar-refractivity contribution in [3.63, 3.8) is 0 Å². The molecule has 3 nitrogen and oxygen atoms in total. The molecule has 0 spiro atoms. The first kappa shape index (κ1) is 15.6. The normalized spacial score (nSPS) is 10.3. The van der Waals surface area contributed by atoms with Crippen LogP contribution < -0.4 is 9.47 Å². The van der Waals surface area contributed by atoms with Crippen molar-refractivity contribution in [3.05, 3.63) is 57.6 Å². The first-order valence-corrected chi connectivity index (χ1v) is 7.37. The molecule has 0 fully saturated rings. The van der Waals surface area contributed by atoms with E-state index in [4.69, 9.17) is 9.47 Å². The maximum Gasteiger partial charge on any atom is 0.203 e. The van der Waals surface area contributed by atoms with Gasteiger partial charge in [-0.2, -0.15) is 0 Å². The summed E-state index contributed by atoms with van der Waals surface area (Å²) in [6, 6.07) is 11.2. The molecule has 0 bridgehead atoms. The Bertz CT molecular complexity index is 665. The number of halogens is 1. The van der Waals surface area contributed by atoms with Gasteiger partial charge < -0.3 is 9.47 Å². The van der Waals surface area contributed by atoms with E-state index >= 15 is 0 Å². The minimum atomic E-state index is -0.103. The second-order valence-corrected chi connectivity index (χ2v) is 5.74. The van der Waals surface area contributed by atoms with E-state index in [1.165, 1.54) is 0 Å². The smallest absolute Gasteiger partial charge is 0.203 e. The van der Waals surface area contributed by atoms with Crippen LogP contribution in [0.15, 0.2) is 40.9 Å². The van der Waals surface area contributed by atoms with E-state index in [0.717, 1.165) is 15.6 Å². The molecule has 110 valence electrons. The molecule has 0 heterocycles. The molecule has 0 amide bonds. The molecular weight excluding hydrogens is 332 g/mol. The number of carbonyl (C=O) groups excluding carboxylic acids is 1. The summed E-state index contributed by atoms with van der Waals surface area (Å²) in [6.07, 6.45) is 0. The van der Waals surface area contributed by atoms with Gasteiger partial charge in [-0.1, -0.05) is 22.0 Å². The van der Waals surface area contributed by atoms with Crippen LogP contribution in [0.25, 0.3) is 0 Å². The Morgan fingerprint density at radius 1 is 1.10 bits per heavy atom. The molecule has 0 saturated heterocycles. The molecule has 0 atom stereocenters. The Morgan fingerprint density at radius 3 is 2.52 bits per heavy atom. The van der Waals surface area contributed by atoms with Crippen molar-refractivity contribution in [3.8, 4) is 11.5 Å². The number of hydrogen-bond donors (Lipinski definition) is 0. The summed E-state index contributed by atoms with van der Waals surface area (Å²) in [6.45, 7) is 3.89. The second-order valence-electron chi connectivity index (χ2n) is 4.83. The van der Waals surface area contributed by atoms with Crippen LogP contribution in [-0.4, -0.2) is 19.5 Å². The Hall–Kier alpha value is -1.81. The average molecular weight is 349 g/mol. The number of benzene rings is 2. The Balaban J connectivity index is 2.11. The first-order chi connectivity index (χ1) is 10.0. The van der Waals surface area contributed by atoms with E-state index in [2.05, 4.69) is 15.9 Å². The number of ether oxygens (including phenoxy) is 2. The number of carbonyl (C=O) groups is 1. The molecule has 21 heavy (non-hydrogen) atoms. The average Bonchev–Trinajstić information content (AvgIpc) is 2.45. The van der Waals surface area contributed by atoms with Crippen molar-refractivity contribution in [2.45, 2.75) is 13.8 Å². The minimum Gasteiger partial charge on any atom is -0.496 e. The van der Waals surface area contributed by atoms with Gasteiger partial charge in [-0.05, 0) is 55.3 Å². The highest BCUT2D eigenvalue weighted by Crippen LogP contribution is 2.24. The van der Waals surface area contributed by atoms with Crippen LogP contribution in [0.3, 0.4) is 0 Å². The largest absolute Gasteiger partial charge is 0.496 e. The number of Topliss-reactive ketones (excluding diaryl/α,β-unsaturated/α-hetero) is 1. The van der Waals surface area contributed by atoms with Crippen molar-refractivity contribution in [2.75, 3.05) is 13.7 Å². The molecule has 0 radical (unpaired) electrons. The molecule has 4 heteroatoms.